The van der Waals surface area contributed by atoms with Crippen molar-refractivity contribution in [2.45, 2.75) is 11.5 Å². The number of methoxy groups -OCH3 is 1. The predicted octanol–water partition coefficient (Wildman–Crippen LogP) is 2.50. The van der Waals surface area contributed by atoms with E-state index in [4.69, 9.17) is 27.9 Å². The number of aromatic nitrogens is 2. The third-order valence-corrected chi connectivity index (χ3v) is 7.43. The number of sulfonamides is 1. The van der Waals surface area contributed by atoms with Crippen molar-refractivity contribution in [2.24, 2.45) is 0 Å². The van der Waals surface area contributed by atoms with Crippen LogP contribution in [-0.4, -0.2) is 55.4 Å². The summed E-state index contributed by atoms with van der Waals surface area (Å²) >= 11 is 13.4. The molecule has 136 valence electrons. The number of ether oxygens (including phenoxy) is 1. The maximum absolute atomic E-state index is 12.9. The molecule has 7 nitrogen and oxygen atoms in total. The summed E-state index contributed by atoms with van der Waals surface area (Å²) < 4.78 is 36.3. The van der Waals surface area contributed by atoms with Gasteiger partial charge in [0, 0.05) is 44.8 Å². The first-order chi connectivity index (χ1) is 11.9. The van der Waals surface area contributed by atoms with Crippen molar-refractivity contribution in [3.8, 4) is 0 Å². The van der Waals surface area contributed by atoms with Crippen molar-refractivity contribution in [2.75, 3.05) is 38.2 Å². The number of hydrogen-bond donors (Lipinski definition) is 0. The Balaban J connectivity index is 1.73. The van der Waals surface area contributed by atoms with E-state index >= 15 is 0 Å². The van der Waals surface area contributed by atoms with E-state index < -0.39 is 10.0 Å². The molecule has 0 N–H and O–H groups in total. The standard InChI is InChI=1S/C14H16Cl2N4O3S2/c1-23-9-12-17-14(24-18-12)19-5-7-20(8-6-19)25(21,22)13-10(15)3-2-4-11(13)16/h2-4H,5-9H2,1H3. The van der Waals surface area contributed by atoms with Gasteiger partial charge in [-0.25, -0.2) is 13.4 Å². The highest BCUT2D eigenvalue weighted by Gasteiger charge is 2.32. The average molecular weight is 423 g/mol. The smallest absolute Gasteiger partial charge is 0.246 e. The molecule has 1 fully saturated rings. The second-order valence-electron chi connectivity index (χ2n) is 5.37. The molecule has 0 unspecified atom stereocenters. The van der Waals surface area contributed by atoms with Crippen LogP contribution in [-0.2, 0) is 21.4 Å². The van der Waals surface area contributed by atoms with Gasteiger partial charge in [-0.15, -0.1) is 0 Å². The molecule has 25 heavy (non-hydrogen) atoms. The summed E-state index contributed by atoms with van der Waals surface area (Å²) in [5.41, 5.74) is 0. The van der Waals surface area contributed by atoms with Gasteiger partial charge in [0.1, 0.15) is 11.5 Å². The molecule has 0 radical (unpaired) electrons. The lowest BCUT2D eigenvalue weighted by atomic mass is 10.4. The highest BCUT2D eigenvalue weighted by Crippen LogP contribution is 2.32. The van der Waals surface area contributed by atoms with Gasteiger partial charge < -0.3 is 9.64 Å². The van der Waals surface area contributed by atoms with Crippen molar-refractivity contribution in [3.05, 3.63) is 34.1 Å². The highest BCUT2D eigenvalue weighted by atomic mass is 35.5. The first kappa shape index (κ1) is 18.8. The zero-order chi connectivity index (χ0) is 18.0. The highest BCUT2D eigenvalue weighted by molar-refractivity contribution is 7.89. The predicted molar refractivity (Wildman–Crippen MR) is 98.1 cm³/mol. The molecule has 0 bridgehead atoms. The first-order valence-corrected chi connectivity index (χ1v) is 10.4. The maximum Gasteiger partial charge on any atom is 0.246 e. The number of piperazine rings is 1. The number of nitrogens with zero attached hydrogens (tertiary/aromatic N) is 4. The van der Waals surface area contributed by atoms with Crippen LogP contribution in [0.4, 0.5) is 5.13 Å². The normalized spacial score (nSPS) is 16.4. The minimum Gasteiger partial charge on any atom is -0.377 e. The molecule has 0 spiro atoms. The molecule has 0 aliphatic carbocycles. The molecular formula is C14H16Cl2N4O3S2. The molecule has 2 aromatic rings. The second kappa shape index (κ2) is 7.73. The Labute approximate surface area is 160 Å². The van der Waals surface area contributed by atoms with E-state index in [1.54, 1.807) is 13.2 Å². The Hall–Kier alpha value is -0.970. The summed E-state index contributed by atoms with van der Waals surface area (Å²) in [5, 5.41) is 1.02. The zero-order valence-electron chi connectivity index (χ0n) is 13.4. The maximum atomic E-state index is 12.9. The molecule has 1 aromatic carbocycles. The van der Waals surface area contributed by atoms with Crippen molar-refractivity contribution in [1.29, 1.82) is 0 Å². The number of benzene rings is 1. The Morgan fingerprint density at radius 2 is 1.84 bits per heavy atom. The second-order valence-corrected chi connectivity index (χ2v) is 8.79. The number of halogens is 2. The number of rotatable bonds is 5. The monoisotopic (exact) mass is 422 g/mol. The van der Waals surface area contributed by atoms with Crippen LogP contribution in [0.25, 0.3) is 0 Å². The summed E-state index contributed by atoms with van der Waals surface area (Å²) in [6, 6.07) is 4.67. The molecule has 1 aliphatic rings. The Bertz CT molecular complexity index is 831. The van der Waals surface area contributed by atoms with Crippen molar-refractivity contribution < 1.29 is 13.2 Å². The number of hydrogen-bond acceptors (Lipinski definition) is 7. The van der Waals surface area contributed by atoms with Gasteiger partial charge >= 0.3 is 0 Å². The third kappa shape index (κ3) is 3.91. The van der Waals surface area contributed by atoms with Gasteiger partial charge in [0.2, 0.25) is 15.2 Å². The summed E-state index contributed by atoms with van der Waals surface area (Å²) in [4.78, 5) is 6.37. The van der Waals surface area contributed by atoms with Gasteiger partial charge in [-0.3, -0.25) is 0 Å². The molecule has 1 saturated heterocycles. The van der Waals surface area contributed by atoms with E-state index in [1.165, 1.54) is 28.0 Å². The topological polar surface area (TPSA) is 75.6 Å². The van der Waals surface area contributed by atoms with Crippen LogP contribution in [0.3, 0.4) is 0 Å². The lowest BCUT2D eigenvalue weighted by molar-refractivity contribution is 0.179. The van der Waals surface area contributed by atoms with Crippen LogP contribution in [0, 0.1) is 0 Å². The lowest BCUT2D eigenvalue weighted by Crippen LogP contribution is -2.48. The molecular weight excluding hydrogens is 407 g/mol. The molecule has 1 aromatic heterocycles. The SMILES string of the molecule is COCc1nsc(N2CCN(S(=O)(=O)c3c(Cl)cccc3Cl)CC2)n1. The largest absolute Gasteiger partial charge is 0.377 e. The zero-order valence-corrected chi connectivity index (χ0v) is 16.5. The van der Waals surface area contributed by atoms with Gasteiger partial charge in [-0.1, -0.05) is 29.3 Å². The summed E-state index contributed by atoms with van der Waals surface area (Å²) in [6.45, 7) is 2.04. The molecule has 11 heteroatoms. The van der Waals surface area contributed by atoms with E-state index in [2.05, 4.69) is 9.36 Å². The third-order valence-electron chi connectivity index (χ3n) is 3.76. The molecule has 0 atom stereocenters. The van der Waals surface area contributed by atoms with Gasteiger partial charge in [-0.05, 0) is 12.1 Å². The lowest BCUT2D eigenvalue weighted by Gasteiger charge is -2.33. The quantitative estimate of drug-likeness (QED) is 0.736. The Morgan fingerprint density at radius 3 is 2.44 bits per heavy atom. The van der Waals surface area contributed by atoms with E-state index in [9.17, 15) is 8.42 Å². The fourth-order valence-electron chi connectivity index (χ4n) is 2.54. The van der Waals surface area contributed by atoms with Crippen molar-refractivity contribution >= 4 is 49.9 Å². The summed E-state index contributed by atoms with van der Waals surface area (Å²) in [5.74, 6) is 0.625. The minimum absolute atomic E-state index is 0.0370. The Kier molecular flexibility index (Phi) is 5.81. The van der Waals surface area contributed by atoms with Crippen LogP contribution in [0.2, 0.25) is 10.0 Å². The molecule has 0 amide bonds. The van der Waals surface area contributed by atoms with E-state index in [1.807, 2.05) is 4.90 Å². The molecule has 3 rings (SSSR count). The Morgan fingerprint density at radius 1 is 1.20 bits per heavy atom. The van der Waals surface area contributed by atoms with Gasteiger partial charge in [-0.2, -0.15) is 8.68 Å². The fourth-order valence-corrected chi connectivity index (χ4v) is 5.78. The van der Waals surface area contributed by atoms with Crippen LogP contribution in [0.1, 0.15) is 5.82 Å². The van der Waals surface area contributed by atoms with Crippen molar-refractivity contribution in [1.82, 2.24) is 13.7 Å². The van der Waals surface area contributed by atoms with Crippen LogP contribution in [0.5, 0.6) is 0 Å². The van der Waals surface area contributed by atoms with Crippen molar-refractivity contribution in [3.63, 3.8) is 0 Å². The molecule has 1 aliphatic heterocycles. The molecule has 2 heterocycles. The number of anilines is 1. The van der Waals surface area contributed by atoms with E-state index in [0.29, 0.717) is 38.6 Å². The van der Waals surface area contributed by atoms with E-state index in [-0.39, 0.29) is 14.9 Å². The summed E-state index contributed by atoms with van der Waals surface area (Å²) in [7, 11) is -2.15. The van der Waals surface area contributed by atoms with Crippen LogP contribution >= 0.6 is 34.7 Å². The van der Waals surface area contributed by atoms with Crippen LogP contribution < -0.4 is 4.90 Å². The summed E-state index contributed by atoms with van der Waals surface area (Å²) in [6.07, 6.45) is 0. The van der Waals surface area contributed by atoms with Gasteiger partial charge in [0.25, 0.3) is 0 Å². The first-order valence-electron chi connectivity index (χ1n) is 7.44. The van der Waals surface area contributed by atoms with Gasteiger partial charge in [0.15, 0.2) is 5.82 Å². The average Bonchev–Trinajstić information content (AvgIpc) is 3.04. The molecule has 0 saturated carbocycles. The van der Waals surface area contributed by atoms with E-state index in [0.717, 1.165) is 5.13 Å². The fraction of sp³-hybridized carbons (Fsp3) is 0.429. The van der Waals surface area contributed by atoms with Crippen LogP contribution in [0.15, 0.2) is 23.1 Å². The van der Waals surface area contributed by atoms with Gasteiger partial charge in [0.05, 0.1) is 10.0 Å². The minimum atomic E-state index is -3.74.